The molecule has 0 radical (unpaired) electrons. The summed E-state index contributed by atoms with van der Waals surface area (Å²) in [6.07, 6.45) is 10.7. The Bertz CT molecular complexity index is 1170. The average molecular weight is 455 g/mol. The van der Waals surface area contributed by atoms with Crippen molar-refractivity contribution in [2.45, 2.75) is 32.3 Å². The van der Waals surface area contributed by atoms with Crippen LogP contribution in [-0.2, 0) is 6.61 Å². The Hall–Kier alpha value is -3.06. The van der Waals surface area contributed by atoms with E-state index >= 15 is 0 Å². The fraction of sp³-hybridized carbons (Fsp3) is 0.357. The highest BCUT2D eigenvalue weighted by atomic mass is 16.5. The molecular weight excluding hydrogens is 422 g/mol. The number of allylic oxidation sites excluding steroid dienone is 2. The highest BCUT2D eigenvalue weighted by Crippen LogP contribution is 2.45. The number of hydrogen-bond acceptors (Lipinski definition) is 5. The van der Waals surface area contributed by atoms with Crippen LogP contribution in [0.1, 0.15) is 36.8 Å². The molecule has 2 aromatic carbocycles. The molecule has 6 nitrogen and oxygen atoms in total. The van der Waals surface area contributed by atoms with Gasteiger partial charge in [-0.05, 0) is 68.5 Å². The first-order valence-corrected chi connectivity index (χ1v) is 12.4. The first-order chi connectivity index (χ1) is 16.7. The Morgan fingerprint density at radius 3 is 2.68 bits per heavy atom. The van der Waals surface area contributed by atoms with Gasteiger partial charge in [-0.3, -0.25) is 4.99 Å². The van der Waals surface area contributed by atoms with E-state index in [2.05, 4.69) is 28.1 Å². The third-order valence-corrected chi connectivity index (χ3v) is 7.50. The number of amidine groups is 1. The average Bonchev–Trinajstić information content (AvgIpc) is 3.46. The van der Waals surface area contributed by atoms with Gasteiger partial charge in [0, 0.05) is 12.5 Å². The minimum Gasteiger partial charge on any atom is -0.489 e. The fourth-order valence-electron chi connectivity index (χ4n) is 5.61. The van der Waals surface area contributed by atoms with Crippen molar-refractivity contribution in [3.8, 4) is 5.75 Å². The van der Waals surface area contributed by atoms with Crippen LogP contribution >= 0.6 is 0 Å². The second-order valence-corrected chi connectivity index (χ2v) is 9.90. The van der Waals surface area contributed by atoms with E-state index in [9.17, 15) is 0 Å². The molecular formula is C28H32N5O+. The van der Waals surface area contributed by atoms with Crippen molar-refractivity contribution in [2.75, 3.05) is 19.6 Å². The Morgan fingerprint density at radius 2 is 1.85 bits per heavy atom. The molecule has 0 amide bonds. The molecule has 0 aromatic heterocycles. The van der Waals surface area contributed by atoms with Crippen LogP contribution in [0.2, 0.25) is 0 Å². The van der Waals surface area contributed by atoms with Crippen molar-refractivity contribution in [1.29, 1.82) is 0 Å². The molecule has 1 saturated carbocycles. The summed E-state index contributed by atoms with van der Waals surface area (Å²) in [7, 11) is 0. The number of aliphatic imine (C=N–C) groups is 2. The number of quaternary nitrogens is 1. The van der Waals surface area contributed by atoms with Crippen molar-refractivity contribution in [1.82, 2.24) is 4.90 Å². The third kappa shape index (κ3) is 4.02. The first-order valence-electron chi connectivity index (χ1n) is 12.4. The van der Waals surface area contributed by atoms with Crippen LogP contribution < -0.4 is 10.6 Å². The molecule has 0 spiro atoms. The van der Waals surface area contributed by atoms with E-state index in [-0.39, 0.29) is 4.59 Å². The van der Waals surface area contributed by atoms with Crippen molar-refractivity contribution in [2.24, 2.45) is 27.7 Å². The van der Waals surface area contributed by atoms with Gasteiger partial charge in [-0.2, -0.15) is 10.8 Å². The summed E-state index contributed by atoms with van der Waals surface area (Å²) in [5.74, 6) is 9.82. The number of ether oxygens (including phenoxy) is 1. The zero-order chi connectivity index (χ0) is 23.0. The largest absolute Gasteiger partial charge is 0.489 e. The van der Waals surface area contributed by atoms with Crippen molar-refractivity contribution in [3.63, 3.8) is 0 Å². The van der Waals surface area contributed by atoms with Gasteiger partial charge >= 0.3 is 0 Å². The predicted molar refractivity (Wildman–Crippen MR) is 135 cm³/mol. The Labute approximate surface area is 201 Å². The Kier molecular flexibility index (Phi) is 5.65. The van der Waals surface area contributed by atoms with Crippen molar-refractivity contribution < 1.29 is 9.33 Å². The molecule has 1 atom stereocenters. The number of benzene rings is 2. The van der Waals surface area contributed by atoms with Gasteiger partial charge in [-0.25, -0.2) is 0 Å². The summed E-state index contributed by atoms with van der Waals surface area (Å²) in [5, 5.41) is 0. The van der Waals surface area contributed by atoms with Crippen LogP contribution in [0.4, 0.5) is 0 Å². The molecule has 174 valence electrons. The number of hydrogen-bond donors (Lipinski definition) is 1. The van der Waals surface area contributed by atoms with Crippen LogP contribution in [0.5, 0.6) is 5.75 Å². The molecule has 2 aromatic rings. The van der Waals surface area contributed by atoms with Crippen LogP contribution in [0.25, 0.3) is 0 Å². The molecule has 3 heterocycles. The summed E-state index contributed by atoms with van der Waals surface area (Å²) in [4.78, 5) is 12.2. The topological polar surface area (TPSA) is 63.2 Å². The summed E-state index contributed by atoms with van der Waals surface area (Å²) in [5.41, 5.74) is 4.23. The van der Waals surface area contributed by atoms with Gasteiger partial charge < -0.3 is 9.64 Å². The number of rotatable bonds is 7. The molecule has 2 fully saturated rings. The smallest absolute Gasteiger partial charge is 0.265 e. The lowest BCUT2D eigenvalue weighted by atomic mass is 9.72. The zero-order valence-corrected chi connectivity index (χ0v) is 19.5. The molecule has 3 aliphatic heterocycles. The highest BCUT2D eigenvalue weighted by Gasteiger charge is 2.48. The predicted octanol–water partition coefficient (Wildman–Crippen LogP) is 4.61. The van der Waals surface area contributed by atoms with Crippen molar-refractivity contribution in [3.05, 3.63) is 89.5 Å². The van der Waals surface area contributed by atoms with Gasteiger partial charge in [-0.1, -0.05) is 36.4 Å². The van der Waals surface area contributed by atoms with Crippen LogP contribution in [0.15, 0.2) is 88.4 Å². The number of nitrogens with zero attached hydrogens (tertiary/aromatic N) is 4. The zero-order valence-electron chi connectivity index (χ0n) is 19.5. The van der Waals surface area contributed by atoms with Crippen LogP contribution in [0.3, 0.4) is 0 Å². The van der Waals surface area contributed by atoms with Crippen molar-refractivity contribution >= 4 is 12.1 Å². The molecule has 0 bridgehead atoms. The summed E-state index contributed by atoms with van der Waals surface area (Å²) < 4.78 is 6.16. The lowest BCUT2D eigenvalue weighted by Gasteiger charge is -2.37. The maximum atomic E-state index is 6.95. The standard InChI is InChI=1S/C28H32N5O/c29-33-14-11-30-18-26(33)27(24-15-22(16-24)19-32-12-4-5-13-32)31-28(33)23-9-6-10-25(17-23)34-20-21-7-2-1-3-8-21/h1-3,6-11,14,17-18,22,24H,4-5,12-13,15-16,19-20,29H2/q+1. The van der Waals surface area contributed by atoms with E-state index in [1.54, 1.807) is 6.20 Å². The molecule has 1 unspecified atom stereocenters. The first kappa shape index (κ1) is 21.5. The van der Waals surface area contributed by atoms with Gasteiger partial charge in [0.25, 0.3) is 5.84 Å². The quantitative estimate of drug-likeness (QED) is 0.491. The van der Waals surface area contributed by atoms with Gasteiger partial charge in [0.1, 0.15) is 24.3 Å². The molecule has 4 aliphatic rings. The summed E-state index contributed by atoms with van der Waals surface area (Å²) >= 11 is 0. The monoisotopic (exact) mass is 454 g/mol. The van der Waals surface area contributed by atoms with Crippen LogP contribution in [-0.4, -0.2) is 41.2 Å². The van der Waals surface area contributed by atoms with Gasteiger partial charge in [0.05, 0.1) is 18.0 Å². The van der Waals surface area contributed by atoms with E-state index in [1.165, 1.54) is 45.3 Å². The summed E-state index contributed by atoms with van der Waals surface area (Å²) in [6.45, 7) is 4.29. The Balaban J connectivity index is 1.21. The van der Waals surface area contributed by atoms with E-state index in [0.717, 1.165) is 40.0 Å². The second kappa shape index (κ2) is 8.95. The number of likely N-dealkylation sites (tertiary alicyclic amines) is 1. The minimum atomic E-state index is 0.0776. The molecule has 6 rings (SSSR count). The fourth-order valence-corrected chi connectivity index (χ4v) is 5.61. The maximum Gasteiger partial charge on any atom is 0.265 e. The molecule has 6 heteroatoms. The van der Waals surface area contributed by atoms with E-state index in [4.69, 9.17) is 15.6 Å². The molecule has 1 aliphatic carbocycles. The van der Waals surface area contributed by atoms with E-state index < -0.39 is 0 Å². The van der Waals surface area contributed by atoms with Gasteiger partial charge in [0.2, 0.25) is 5.70 Å². The van der Waals surface area contributed by atoms with Crippen LogP contribution in [0, 0.1) is 11.8 Å². The molecule has 34 heavy (non-hydrogen) atoms. The van der Waals surface area contributed by atoms with Gasteiger partial charge in [-0.15, -0.1) is 4.59 Å². The second-order valence-electron chi connectivity index (χ2n) is 9.90. The SMILES string of the molecule is N[N+]12C=CN=CC1=C(C1CC(CN3CCCC3)C1)N=C2c1cccc(OCc2ccccc2)c1. The lowest BCUT2D eigenvalue weighted by molar-refractivity contribution is -0.750. The highest BCUT2D eigenvalue weighted by molar-refractivity contribution is 6.00. The lowest BCUT2D eigenvalue weighted by Crippen LogP contribution is -2.53. The number of fused-ring (bicyclic) bond motifs is 1. The number of nitrogens with two attached hydrogens (primary N) is 1. The molecule has 2 N–H and O–H groups in total. The van der Waals surface area contributed by atoms with E-state index in [1.807, 2.05) is 48.8 Å². The summed E-state index contributed by atoms with van der Waals surface area (Å²) in [6, 6.07) is 18.3. The third-order valence-electron chi connectivity index (χ3n) is 7.50. The van der Waals surface area contributed by atoms with Gasteiger partial charge in [0.15, 0.2) is 0 Å². The Morgan fingerprint density at radius 1 is 1.03 bits per heavy atom. The normalized spacial score (nSPS) is 28.1. The van der Waals surface area contributed by atoms with E-state index in [0.29, 0.717) is 12.5 Å². The maximum absolute atomic E-state index is 6.95. The molecule has 1 saturated heterocycles. The minimum absolute atomic E-state index is 0.0776.